The Bertz CT molecular complexity index is 1650. The van der Waals surface area contributed by atoms with Gasteiger partial charge in [-0.15, -0.1) is 0 Å². The smallest absolute Gasteiger partial charge is 0.315 e. The number of Topliss-reactive ketones (excluding diaryl/α,β-unsaturated/α-hetero) is 1. The Kier molecular flexibility index (Phi) is 13.4. The zero-order valence-corrected chi connectivity index (χ0v) is 32.1. The van der Waals surface area contributed by atoms with Gasteiger partial charge in [-0.3, -0.25) is 19.2 Å². The number of azo groups is 1. The number of nitrogens with one attached hydrogen (secondary N) is 5. The van der Waals surface area contributed by atoms with Gasteiger partial charge in [-0.1, -0.05) is 27.7 Å². The van der Waals surface area contributed by atoms with E-state index in [1.54, 1.807) is 42.5 Å². The average Bonchev–Trinajstić information content (AvgIpc) is 3.54. The van der Waals surface area contributed by atoms with Crippen molar-refractivity contribution >= 4 is 35.2 Å². The summed E-state index contributed by atoms with van der Waals surface area (Å²) in [6.45, 7) is 16.3. The number of ether oxygens (including phenoxy) is 1. The molecule has 15 heteroatoms. The first-order valence-electron chi connectivity index (χ1n) is 19.2. The number of amides is 5. The summed E-state index contributed by atoms with van der Waals surface area (Å²) < 4.78 is 6.16. The van der Waals surface area contributed by atoms with Crippen LogP contribution < -0.4 is 31.3 Å². The summed E-state index contributed by atoms with van der Waals surface area (Å²) in [7, 11) is 0. The molecule has 2 aromatic rings. The van der Waals surface area contributed by atoms with Gasteiger partial charge >= 0.3 is 6.03 Å². The summed E-state index contributed by atoms with van der Waals surface area (Å²) in [6, 6.07) is 10.8. The highest BCUT2D eigenvalue weighted by Crippen LogP contribution is 2.48. The Morgan fingerprint density at radius 2 is 1.37 bits per heavy atom. The van der Waals surface area contributed by atoms with Crippen LogP contribution in [0, 0.1) is 0 Å². The van der Waals surface area contributed by atoms with E-state index in [2.05, 4.69) is 74.3 Å². The van der Waals surface area contributed by atoms with E-state index >= 15 is 0 Å². The molecule has 5 rings (SSSR count). The van der Waals surface area contributed by atoms with Gasteiger partial charge in [0.15, 0.2) is 5.78 Å². The van der Waals surface area contributed by atoms with E-state index in [9.17, 15) is 24.0 Å². The highest BCUT2D eigenvalue weighted by atomic mass is 16.5. The molecular weight excluding hydrogens is 690 g/mol. The third kappa shape index (κ3) is 8.90. The molecule has 15 nitrogen and oxygen atoms in total. The van der Waals surface area contributed by atoms with Gasteiger partial charge in [-0.2, -0.15) is 10.2 Å². The topological polar surface area (TPSA) is 186 Å². The molecule has 1 spiro atoms. The molecule has 0 radical (unpaired) electrons. The number of hydrogen-bond acceptors (Lipinski definition) is 10. The van der Waals surface area contributed by atoms with Gasteiger partial charge in [0.05, 0.1) is 23.3 Å². The van der Waals surface area contributed by atoms with E-state index in [0.29, 0.717) is 60.7 Å². The van der Waals surface area contributed by atoms with Crippen LogP contribution in [0.3, 0.4) is 0 Å². The summed E-state index contributed by atoms with van der Waals surface area (Å²) in [5.74, 6) is -0.806. The van der Waals surface area contributed by atoms with Gasteiger partial charge in [0.25, 0.3) is 17.7 Å². The number of hydrogen-bond donors (Lipinski definition) is 5. The Balaban J connectivity index is 1.29. The Labute approximate surface area is 317 Å². The molecular formula is C39H55N9O6. The first-order valence-corrected chi connectivity index (χ1v) is 19.2. The van der Waals surface area contributed by atoms with E-state index in [1.807, 2.05) is 0 Å². The minimum Gasteiger partial charge on any atom is -0.457 e. The average molecular weight is 746 g/mol. The van der Waals surface area contributed by atoms with Crippen LogP contribution in [0.4, 0.5) is 10.5 Å². The number of nitrogens with zero attached hydrogens (tertiary/aromatic N) is 4. The Morgan fingerprint density at radius 3 is 1.89 bits per heavy atom. The normalized spacial score (nSPS) is 23.1. The highest BCUT2D eigenvalue weighted by molar-refractivity contribution is 6.17. The van der Waals surface area contributed by atoms with Crippen LogP contribution in [0.25, 0.3) is 0 Å². The van der Waals surface area contributed by atoms with Crippen LogP contribution in [0.15, 0.2) is 52.7 Å². The van der Waals surface area contributed by atoms with Gasteiger partial charge in [-0.25, -0.2) is 4.79 Å². The molecule has 1 saturated carbocycles. The SMILES string of the molecule is CCN(CC)CCCNC(=O)c1cc(Oc2ccc(N=NC3(C(C)=O)C(=O)NC34CCC3NC(=O)NC3C4)cc2)cc(C(=O)NCCCN(CC)CC)c1. The maximum atomic E-state index is 13.3. The third-order valence-electron chi connectivity index (χ3n) is 10.9. The second kappa shape index (κ2) is 18.0. The molecule has 3 aliphatic rings. The summed E-state index contributed by atoms with van der Waals surface area (Å²) in [4.78, 5) is 69.2. The first-order chi connectivity index (χ1) is 26.0. The van der Waals surface area contributed by atoms with Crippen molar-refractivity contribution in [2.75, 3.05) is 52.4 Å². The van der Waals surface area contributed by atoms with Crippen LogP contribution in [-0.4, -0.2) is 115 Å². The van der Waals surface area contributed by atoms with E-state index < -0.39 is 22.8 Å². The summed E-state index contributed by atoms with van der Waals surface area (Å²) >= 11 is 0. The molecule has 5 N–H and O–H groups in total. The van der Waals surface area contributed by atoms with E-state index in [-0.39, 0.29) is 29.9 Å². The van der Waals surface area contributed by atoms with Crippen molar-refractivity contribution in [3.8, 4) is 11.5 Å². The summed E-state index contributed by atoms with van der Waals surface area (Å²) in [6.07, 6.45) is 3.00. The standard InChI is InChI=1S/C39H55N9O6/c1-6-47(7-2)20-10-18-40-34(50)27-22-28(35(51)41-19-11-21-48(8-3)9-4)24-31(23-27)54-30-14-12-29(13-15-30)45-46-39(26(5)49)36(52)44-38(39)17-16-32-33(25-38)43-37(53)42-32/h12-15,22-24,32-33H,6-11,16-21,25H2,1-5H3,(H,40,50)(H,41,51)(H,44,52)(H2,42,43,53). The largest absolute Gasteiger partial charge is 0.457 e. The predicted molar refractivity (Wildman–Crippen MR) is 204 cm³/mol. The van der Waals surface area contributed by atoms with Crippen LogP contribution in [0.2, 0.25) is 0 Å². The predicted octanol–water partition coefficient (Wildman–Crippen LogP) is 3.92. The molecule has 292 valence electrons. The number of benzene rings is 2. The molecule has 4 atom stereocenters. The number of urea groups is 1. The van der Waals surface area contributed by atoms with E-state index in [4.69, 9.17) is 4.74 Å². The van der Waals surface area contributed by atoms with Crippen LogP contribution in [0.1, 0.15) is 87.4 Å². The molecule has 2 aliphatic heterocycles. The van der Waals surface area contributed by atoms with Crippen LogP contribution in [-0.2, 0) is 9.59 Å². The lowest BCUT2D eigenvalue weighted by molar-refractivity contribution is -0.155. The minimum absolute atomic E-state index is 0.0690. The molecule has 5 amide bonds. The highest BCUT2D eigenvalue weighted by Gasteiger charge is 2.72. The van der Waals surface area contributed by atoms with Crippen molar-refractivity contribution in [2.24, 2.45) is 10.2 Å². The first kappa shape index (κ1) is 40.3. The van der Waals surface area contributed by atoms with Gasteiger partial charge in [-0.05, 0) is 121 Å². The maximum absolute atomic E-state index is 13.3. The molecule has 2 aromatic carbocycles. The zero-order valence-electron chi connectivity index (χ0n) is 32.1. The maximum Gasteiger partial charge on any atom is 0.315 e. The lowest BCUT2D eigenvalue weighted by Crippen LogP contribution is -2.84. The molecule has 3 fully saturated rings. The van der Waals surface area contributed by atoms with Crippen molar-refractivity contribution in [2.45, 2.75) is 89.9 Å². The van der Waals surface area contributed by atoms with E-state index in [0.717, 1.165) is 52.1 Å². The molecule has 1 aliphatic carbocycles. The van der Waals surface area contributed by atoms with Gasteiger partial charge in [0.2, 0.25) is 5.54 Å². The third-order valence-corrected chi connectivity index (χ3v) is 10.9. The lowest BCUT2D eigenvalue weighted by atomic mass is 9.58. The quantitative estimate of drug-likeness (QED) is 0.0620. The van der Waals surface area contributed by atoms with Crippen molar-refractivity contribution in [3.05, 3.63) is 53.6 Å². The number of β-lactam (4-membered cyclic amide) rings is 1. The van der Waals surface area contributed by atoms with Crippen molar-refractivity contribution in [1.29, 1.82) is 0 Å². The molecule has 4 unspecified atom stereocenters. The molecule has 2 saturated heterocycles. The number of rotatable bonds is 19. The molecule has 2 heterocycles. The number of carbonyl (C=O) groups is 5. The zero-order chi connectivity index (χ0) is 38.9. The van der Waals surface area contributed by atoms with Crippen LogP contribution in [0.5, 0.6) is 11.5 Å². The Hall–Kier alpha value is -4.89. The molecule has 0 bridgehead atoms. The number of carbonyl (C=O) groups excluding carboxylic acids is 5. The summed E-state index contributed by atoms with van der Waals surface area (Å²) in [5, 5.41) is 23.4. The fourth-order valence-electron chi connectivity index (χ4n) is 7.69. The van der Waals surface area contributed by atoms with Gasteiger partial charge in [0, 0.05) is 24.2 Å². The monoisotopic (exact) mass is 745 g/mol. The summed E-state index contributed by atoms with van der Waals surface area (Å²) in [5.41, 5.74) is -1.64. The second-order valence-electron chi connectivity index (χ2n) is 14.2. The van der Waals surface area contributed by atoms with Crippen molar-refractivity contribution in [1.82, 2.24) is 36.4 Å². The van der Waals surface area contributed by atoms with Crippen LogP contribution >= 0.6 is 0 Å². The van der Waals surface area contributed by atoms with E-state index in [1.165, 1.54) is 6.92 Å². The van der Waals surface area contributed by atoms with Crippen molar-refractivity contribution in [3.63, 3.8) is 0 Å². The lowest BCUT2D eigenvalue weighted by Gasteiger charge is -2.57. The molecule has 0 aromatic heterocycles. The van der Waals surface area contributed by atoms with Crippen molar-refractivity contribution < 1.29 is 28.7 Å². The Morgan fingerprint density at radius 1 is 0.815 bits per heavy atom. The van der Waals surface area contributed by atoms with Gasteiger partial charge in [0.1, 0.15) is 11.5 Å². The number of fused-ring (bicyclic) bond motifs is 1. The molecule has 54 heavy (non-hydrogen) atoms. The fraction of sp³-hybridized carbons (Fsp3) is 0.564. The fourth-order valence-corrected chi connectivity index (χ4v) is 7.69. The van der Waals surface area contributed by atoms with Gasteiger partial charge < -0.3 is 41.1 Å². The second-order valence-corrected chi connectivity index (χ2v) is 14.2. The minimum atomic E-state index is -1.70. The number of ketones is 1.